The third-order valence-corrected chi connectivity index (χ3v) is 7.43. The largest absolute Gasteiger partial charge is 0.352 e. The summed E-state index contributed by atoms with van der Waals surface area (Å²) >= 11 is 18.2. The zero-order valence-electron chi connectivity index (χ0n) is 20.1. The fraction of sp³-hybridized carbons (Fsp3) is 0.417. The summed E-state index contributed by atoms with van der Waals surface area (Å²) in [5.74, 6) is -0.859. The molecule has 2 amide bonds. The van der Waals surface area contributed by atoms with Crippen molar-refractivity contribution in [2.24, 2.45) is 0 Å². The van der Waals surface area contributed by atoms with Crippen LogP contribution < -0.4 is 9.62 Å². The molecule has 1 N–H and O–H groups in total. The van der Waals surface area contributed by atoms with Crippen LogP contribution in [0.15, 0.2) is 42.5 Å². The predicted molar refractivity (Wildman–Crippen MR) is 143 cm³/mol. The number of sulfonamides is 1. The number of benzene rings is 2. The van der Waals surface area contributed by atoms with E-state index < -0.39 is 28.5 Å². The van der Waals surface area contributed by atoms with Gasteiger partial charge in [-0.15, -0.1) is 0 Å². The molecule has 2 unspecified atom stereocenters. The molecule has 0 aliphatic carbocycles. The van der Waals surface area contributed by atoms with Crippen molar-refractivity contribution in [2.75, 3.05) is 17.1 Å². The quantitative estimate of drug-likeness (QED) is 0.411. The lowest BCUT2D eigenvalue weighted by molar-refractivity contribution is -0.140. The van der Waals surface area contributed by atoms with Gasteiger partial charge in [-0.1, -0.05) is 60.8 Å². The van der Waals surface area contributed by atoms with Gasteiger partial charge < -0.3 is 10.2 Å². The Morgan fingerprint density at radius 3 is 2.09 bits per heavy atom. The summed E-state index contributed by atoms with van der Waals surface area (Å²) in [7, 11) is -3.90. The first-order valence-corrected chi connectivity index (χ1v) is 14.1. The minimum absolute atomic E-state index is 0.0792. The lowest BCUT2D eigenvalue weighted by Gasteiger charge is -2.33. The summed E-state index contributed by atoms with van der Waals surface area (Å²) in [6.07, 6.45) is 2.05. The lowest BCUT2D eigenvalue weighted by Crippen LogP contribution is -2.53. The average molecular weight is 563 g/mol. The van der Waals surface area contributed by atoms with Gasteiger partial charge in [0.1, 0.15) is 12.6 Å². The van der Waals surface area contributed by atoms with Crippen molar-refractivity contribution in [3.05, 3.63) is 63.1 Å². The molecular weight excluding hydrogens is 533 g/mol. The molecule has 0 aliphatic heterocycles. The first-order valence-electron chi connectivity index (χ1n) is 11.1. The van der Waals surface area contributed by atoms with Gasteiger partial charge in [0.05, 0.1) is 17.0 Å². The van der Waals surface area contributed by atoms with Gasteiger partial charge in [-0.2, -0.15) is 0 Å². The molecule has 2 aromatic rings. The predicted octanol–water partition coefficient (Wildman–Crippen LogP) is 5.13. The summed E-state index contributed by atoms with van der Waals surface area (Å²) in [5, 5.41) is 3.87. The topological polar surface area (TPSA) is 86.8 Å². The molecule has 11 heteroatoms. The van der Waals surface area contributed by atoms with Crippen LogP contribution in [0.2, 0.25) is 15.1 Å². The molecule has 0 heterocycles. The zero-order chi connectivity index (χ0) is 26.3. The number of nitrogens with zero attached hydrogens (tertiary/aromatic N) is 2. The third-order valence-electron chi connectivity index (χ3n) is 5.51. The molecule has 0 aromatic heterocycles. The van der Waals surface area contributed by atoms with Crippen LogP contribution in [0.1, 0.15) is 39.2 Å². The van der Waals surface area contributed by atoms with E-state index >= 15 is 0 Å². The van der Waals surface area contributed by atoms with Gasteiger partial charge in [0.2, 0.25) is 21.8 Å². The Morgan fingerprint density at radius 1 is 0.971 bits per heavy atom. The highest BCUT2D eigenvalue weighted by atomic mass is 35.5. The van der Waals surface area contributed by atoms with Crippen LogP contribution in [0.5, 0.6) is 0 Å². The molecule has 2 aromatic carbocycles. The molecule has 0 spiro atoms. The molecule has 0 saturated heterocycles. The van der Waals surface area contributed by atoms with Crippen LogP contribution in [-0.4, -0.2) is 50.0 Å². The molecule has 7 nitrogen and oxygen atoms in total. The Labute approximate surface area is 222 Å². The first kappa shape index (κ1) is 29.2. The third kappa shape index (κ3) is 8.27. The summed E-state index contributed by atoms with van der Waals surface area (Å²) in [4.78, 5) is 28.1. The summed E-state index contributed by atoms with van der Waals surface area (Å²) in [5.41, 5.74) is 0.864. The normalized spacial score (nSPS) is 13.1. The number of nitrogens with one attached hydrogen (secondary N) is 1. The van der Waals surface area contributed by atoms with E-state index in [4.69, 9.17) is 34.8 Å². The maximum Gasteiger partial charge on any atom is 0.244 e. The number of anilines is 1. The number of carbonyl (C=O) groups excluding carboxylic acids is 2. The smallest absolute Gasteiger partial charge is 0.244 e. The fourth-order valence-corrected chi connectivity index (χ4v) is 4.97. The van der Waals surface area contributed by atoms with Gasteiger partial charge in [-0.25, -0.2) is 8.42 Å². The van der Waals surface area contributed by atoms with Gasteiger partial charge >= 0.3 is 0 Å². The van der Waals surface area contributed by atoms with Crippen LogP contribution in [0.3, 0.4) is 0 Å². The van der Waals surface area contributed by atoms with E-state index in [1.807, 2.05) is 13.8 Å². The lowest BCUT2D eigenvalue weighted by atomic mass is 10.1. The molecule has 0 radical (unpaired) electrons. The van der Waals surface area contributed by atoms with Gasteiger partial charge in [0.15, 0.2) is 0 Å². The highest BCUT2D eigenvalue weighted by Gasteiger charge is 2.32. The fourth-order valence-electron chi connectivity index (χ4n) is 3.43. The second kappa shape index (κ2) is 12.8. The number of amides is 2. The Hall–Kier alpha value is -2.00. The van der Waals surface area contributed by atoms with E-state index in [0.29, 0.717) is 16.5 Å². The number of rotatable bonds is 11. The van der Waals surface area contributed by atoms with Crippen molar-refractivity contribution < 1.29 is 18.0 Å². The number of halogens is 3. The number of hydrogen-bond acceptors (Lipinski definition) is 4. The second-order valence-electron chi connectivity index (χ2n) is 8.26. The van der Waals surface area contributed by atoms with Crippen molar-refractivity contribution in [1.29, 1.82) is 0 Å². The van der Waals surface area contributed by atoms with Crippen LogP contribution in [-0.2, 0) is 26.2 Å². The highest BCUT2D eigenvalue weighted by Crippen LogP contribution is 2.30. The number of carbonyl (C=O) groups is 2. The highest BCUT2D eigenvalue weighted by molar-refractivity contribution is 7.92. The maximum atomic E-state index is 13.6. The van der Waals surface area contributed by atoms with E-state index in [0.717, 1.165) is 22.5 Å². The SMILES string of the molecule is CCC(C)NC(=O)C(CC)N(Cc1ccc(Cl)cc1)C(=O)CN(c1ccc(Cl)cc1Cl)S(C)(=O)=O. The average Bonchev–Trinajstić information content (AvgIpc) is 2.78. The van der Waals surface area contributed by atoms with Crippen molar-refractivity contribution in [2.45, 2.75) is 52.2 Å². The molecule has 35 heavy (non-hydrogen) atoms. The van der Waals surface area contributed by atoms with Crippen molar-refractivity contribution >= 4 is 62.3 Å². The Balaban J connectivity index is 2.46. The Bertz CT molecular complexity index is 1140. The van der Waals surface area contributed by atoms with Gasteiger partial charge in [-0.3, -0.25) is 13.9 Å². The van der Waals surface area contributed by atoms with Gasteiger partial charge in [-0.05, 0) is 55.7 Å². The Morgan fingerprint density at radius 2 is 1.57 bits per heavy atom. The van der Waals surface area contributed by atoms with Gasteiger partial charge in [0.25, 0.3) is 0 Å². The van der Waals surface area contributed by atoms with E-state index in [2.05, 4.69) is 5.32 Å². The molecule has 2 atom stereocenters. The minimum Gasteiger partial charge on any atom is -0.352 e. The van der Waals surface area contributed by atoms with Crippen molar-refractivity contribution in [1.82, 2.24) is 10.2 Å². The van der Waals surface area contributed by atoms with E-state index in [1.54, 1.807) is 31.2 Å². The molecule has 0 fully saturated rings. The molecule has 0 aliphatic rings. The van der Waals surface area contributed by atoms with E-state index in [1.165, 1.54) is 23.1 Å². The second-order valence-corrected chi connectivity index (χ2v) is 11.4. The van der Waals surface area contributed by atoms with Gasteiger partial charge in [0, 0.05) is 22.6 Å². The molecule has 2 rings (SSSR count). The van der Waals surface area contributed by atoms with E-state index in [-0.39, 0.29) is 29.2 Å². The molecule has 0 bridgehead atoms. The van der Waals surface area contributed by atoms with Crippen LogP contribution in [0.25, 0.3) is 0 Å². The summed E-state index contributed by atoms with van der Waals surface area (Å²) in [6.45, 7) is 5.18. The van der Waals surface area contributed by atoms with Crippen LogP contribution >= 0.6 is 34.8 Å². The molecule has 192 valence electrons. The van der Waals surface area contributed by atoms with Crippen molar-refractivity contribution in [3.63, 3.8) is 0 Å². The molecular formula is C24H30Cl3N3O4S. The monoisotopic (exact) mass is 561 g/mol. The van der Waals surface area contributed by atoms with E-state index in [9.17, 15) is 18.0 Å². The summed E-state index contributed by atoms with van der Waals surface area (Å²) in [6, 6.07) is 10.3. The number of hydrogen-bond donors (Lipinski definition) is 1. The van der Waals surface area contributed by atoms with Crippen LogP contribution in [0, 0.1) is 0 Å². The summed E-state index contributed by atoms with van der Waals surface area (Å²) < 4.78 is 26.2. The van der Waals surface area contributed by atoms with Crippen molar-refractivity contribution in [3.8, 4) is 0 Å². The zero-order valence-corrected chi connectivity index (χ0v) is 23.2. The van der Waals surface area contributed by atoms with Crippen LogP contribution in [0.4, 0.5) is 5.69 Å². The standard InChI is InChI=1S/C24H30Cl3N3O4S/c1-5-16(3)28-24(32)21(6-2)29(14-17-7-9-18(25)10-8-17)23(31)15-30(35(4,33)34)22-12-11-19(26)13-20(22)27/h7-13,16,21H,5-6,14-15H2,1-4H3,(H,28,32). The molecule has 0 saturated carbocycles. The first-order chi connectivity index (χ1) is 16.4. The maximum absolute atomic E-state index is 13.6. The minimum atomic E-state index is -3.90. The Kier molecular flexibility index (Phi) is 10.7.